The highest BCUT2D eigenvalue weighted by Crippen LogP contribution is 2.36. The molecule has 0 aliphatic rings. The minimum absolute atomic E-state index is 0.0924. The number of hydrogen-bond donors (Lipinski definition) is 0. The van der Waals surface area contributed by atoms with Gasteiger partial charge in [0, 0.05) is 17.7 Å². The minimum Gasteiger partial charge on any atom is -0.429 e. The second-order valence-corrected chi connectivity index (χ2v) is 9.59. The highest BCUT2D eigenvalue weighted by molar-refractivity contribution is 5.65. The van der Waals surface area contributed by atoms with Gasteiger partial charge in [-0.25, -0.2) is 26.3 Å². The monoisotopic (exact) mass is 588 g/mol. The SMILES string of the molecule is CCCCCCc1ccc(-c2ccc(C#Cc3cc(F)c(C(F)(F)Oc4cc(F)c(F)c(F)c4)c(F)c3)c(F)c2)cc1. The molecule has 1 nitrogen and oxygen atoms in total. The molecule has 0 spiro atoms. The Balaban J connectivity index is 1.50. The van der Waals surface area contributed by atoms with Crippen LogP contribution in [0.25, 0.3) is 11.1 Å². The molecule has 42 heavy (non-hydrogen) atoms. The van der Waals surface area contributed by atoms with E-state index in [1.165, 1.54) is 30.5 Å². The quantitative estimate of drug-likeness (QED) is 0.0819. The number of rotatable bonds is 9. The highest BCUT2D eigenvalue weighted by Gasteiger charge is 2.41. The van der Waals surface area contributed by atoms with E-state index in [9.17, 15) is 35.1 Å². The summed E-state index contributed by atoms with van der Waals surface area (Å²) in [5, 5.41) is 0. The molecule has 0 unspecified atom stereocenters. The lowest BCUT2D eigenvalue weighted by atomic mass is 10.00. The van der Waals surface area contributed by atoms with Gasteiger partial charge in [-0.1, -0.05) is 68.4 Å². The fourth-order valence-corrected chi connectivity index (χ4v) is 4.27. The summed E-state index contributed by atoms with van der Waals surface area (Å²) in [5.74, 6) is -6.30. The molecule has 0 N–H and O–H groups in total. The Morgan fingerprint density at radius 2 is 1.26 bits per heavy atom. The van der Waals surface area contributed by atoms with Crippen molar-refractivity contribution in [3.63, 3.8) is 0 Å². The van der Waals surface area contributed by atoms with Gasteiger partial charge in [-0.3, -0.25) is 0 Å². The standard InChI is InChI=1S/C33H24F8O/c1-2-3-4-5-6-20-7-10-22(11-8-20)24-14-13-23(26(34)17-24)12-9-21-15-27(35)31(28(36)16-21)33(40,41)42-25-18-29(37)32(39)30(38)19-25/h7-8,10-11,13-19H,2-6H2,1H3. The van der Waals surface area contributed by atoms with Crippen LogP contribution in [-0.2, 0) is 12.5 Å². The van der Waals surface area contributed by atoms with Gasteiger partial charge in [0.1, 0.15) is 28.8 Å². The number of unbranched alkanes of at least 4 members (excludes halogenated alkanes) is 3. The van der Waals surface area contributed by atoms with E-state index in [1.54, 1.807) is 6.07 Å². The van der Waals surface area contributed by atoms with Crippen molar-refractivity contribution < 1.29 is 39.9 Å². The smallest absolute Gasteiger partial charge is 0.429 e. The van der Waals surface area contributed by atoms with Crippen molar-refractivity contribution in [1.82, 2.24) is 0 Å². The second-order valence-electron chi connectivity index (χ2n) is 9.59. The molecule has 0 fully saturated rings. The van der Waals surface area contributed by atoms with Crippen molar-refractivity contribution in [1.29, 1.82) is 0 Å². The summed E-state index contributed by atoms with van der Waals surface area (Å²) in [6, 6.07) is 13.2. The van der Waals surface area contributed by atoms with Gasteiger partial charge in [-0.05, 0) is 53.8 Å². The first-order chi connectivity index (χ1) is 20.0. The summed E-state index contributed by atoms with van der Waals surface area (Å²) in [6.45, 7) is 2.15. The largest absolute Gasteiger partial charge is 0.432 e. The Morgan fingerprint density at radius 3 is 1.86 bits per heavy atom. The molecular weight excluding hydrogens is 564 g/mol. The maximum absolute atomic E-state index is 14.8. The van der Waals surface area contributed by atoms with E-state index in [-0.39, 0.29) is 23.3 Å². The van der Waals surface area contributed by atoms with Crippen LogP contribution in [0.15, 0.2) is 66.7 Å². The van der Waals surface area contributed by atoms with Gasteiger partial charge in [-0.2, -0.15) is 8.78 Å². The van der Waals surface area contributed by atoms with Crippen molar-refractivity contribution in [3.8, 4) is 28.7 Å². The number of benzene rings is 4. The van der Waals surface area contributed by atoms with Crippen LogP contribution in [0, 0.1) is 46.7 Å². The molecule has 4 aromatic carbocycles. The van der Waals surface area contributed by atoms with Gasteiger partial charge >= 0.3 is 6.11 Å². The Hall–Kier alpha value is -4.32. The molecule has 0 amide bonds. The second kappa shape index (κ2) is 13.1. The molecule has 0 atom stereocenters. The Morgan fingerprint density at radius 1 is 0.643 bits per heavy atom. The van der Waals surface area contributed by atoms with E-state index in [0.717, 1.165) is 24.8 Å². The maximum atomic E-state index is 14.8. The molecule has 0 heterocycles. The molecule has 218 valence electrons. The van der Waals surface area contributed by atoms with Crippen LogP contribution < -0.4 is 4.74 Å². The van der Waals surface area contributed by atoms with Crippen LogP contribution in [0.5, 0.6) is 5.75 Å². The Labute approximate surface area is 237 Å². The third-order valence-electron chi connectivity index (χ3n) is 6.45. The average Bonchev–Trinajstić information content (AvgIpc) is 2.93. The van der Waals surface area contributed by atoms with Gasteiger partial charge in [0.15, 0.2) is 17.5 Å². The van der Waals surface area contributed by atoms with E-state index in [2.05, 4.69) is 23.5 Å². The number of alkyl halides is 2. The fraction of sp³-hybridized carbons (Fsp3) is 0.212. The molecule has 0 saturated carbocycles. The van der Waals surface area contributed by atoms with Crippen molar-refractivity contribution in [3.05, 3.63) is 124 Å². The molecule has 0 saturated heterocycles. The van der Waals surface area contributed by atoms with E-state index in [4.69, 9.17) is 0 Å². The van der Waals surface area contributed by atoms with Gasteiger partial charge in [0.05, 0.1) is 5.56 Å². The molecule has 0 aliphatic carbocycles. The summed E-state index contributed by atoms with van der Waals surface area (Å²) < 4.78 is 117. The van der Waals surface area contributed by atoms with Crippen LogP contribution in [0.4, 0.5) is 35.1 Å². The van der Waals surface area contributed by atoms with Gasteiger partial charge in [0.2, 0.25) is 0 Å². The zero-order chi connectivity index (χ0) is 30.4. The summed E-state index contributed by atoms with van der Waals surface area (Å²) in [7, 11) is 0. The molecule has 0 radical (unpaired) electrons. The van der Waals surface area contributed by atoms with Gasteiger partial charge < -0.3 is 4.74 Å². The van der Waals surface area contributed by atoms with Crippen molar-refractivity contribution in [2.75, 3.05) is 0 Å². The Bertz CT molecular complexity index is 1590. The van der Waals surface area contributed by atoms with Crippen molar-refractivity contribution in [2.24, 2.45) is 0 Å². The molecule has 0 bridgehead atoms. The number of ether oxygens (including phenoxy) is 1. The minimum atomic E-state index is -4.73. The molecule has 0 aromatic heterocycles. The van der Waals surface area contributed by atoms with E-state index < -0.39 is 52.3 Å². The molecule has 0 aliphatic heterocycles. The van der Waals surface area contributed by atoms with E-state index in [0.29, 0.717) is 17.7 Å². The first kappa shape index (κ1) is 30.6. The summed E-state index contributed by atoms with van der Waals surface area (Å²) in [4.78, 5) is 0. The summed E-state index contributed by atoms with van der Waals surface area (Å²) in [5.41, 5.74) is 0.234. The zero-order valence-corrected chi connectivity index (χ0v) is 22.3. The van der Waals surface area contributed by atoms with Crippen LogP contribution in [0.3, 0.4) is 0 Å². The lowest BCUT2D eigenvalue weighted by molar-refractivity contribution is -0.189. The summed E-state index contributed by atoms with van der Waals surface area (Å²) >= 11 is 0. The van der Waals surface area contributed by atoms with Crippen LogP contribution in [0.1, 0.15) is 54.9 Å². The first-order valence-electron chi connectivity index (χ1n) is 13.1. The van der Waals surface area contributed by atoms with Gasteiger partial charge in [0.25, 0.3) is 0 Å². The van der Waals surface area contributed by atoms with Crippen LogP contribution in [0.2, 0.25) is 0 Å². The third-order valence-corrected chi connectivity index (χ3v) is 6.45. The zero-order valence-electron chi connectivity index (χ0n) is 22.3. The lowest BCUT2D eigenvalue weighted by Gasteiger charge is -2.19. The lowest BCUT2D eigenvalue weighted by Crippen LogP contribution is -2.25. The third kappa shape index (κ3) is 7.30. The average molecular weight is 589 g/mol. The van der Waals surface area contributed by atoms with Gasteiger partial charge in [-0.15, -0.1) is 0 Å². The van der Waals surface area contributed by atoms with Crippen LogP contribution >= 0.6 is 0 Å². The van der Waals surface area contributed by atoms with Crippen molar-refractivity contribution >= 4 is 0 Å². The fourth-order valence-electron chi connectivity index (χ4n) is 4.27. The molecular formula is C33H24F8O. The number of aryl methyl sites for hydroxylation is 1. The highest BCUT2D eigenvalue weighted by atomic mass is 19.3. The van der Waals surface area contributed by atoms with E-state index >= 15 is 0 Å². The van der Waals surface area contributed by atoms with Crippen LogP contribution in [-0.4, -0.2) is 0 Å². The first-order valence-corrected chi connectivity index (χ1v) is 13.1. The number of hydrogen-bond acceptors (Lipinski definition) is 1. The molecule has 9 heteroatoms. The van der Waals surface area contributed by atoms with Crippen molar-refractivity contribution in [2.45, 2.75) is 45.1 Å². The topological polar surface area (TPSA) is 9.23 Å². The van der Waals surface area contributed by atoms with E-state index in [1.807, 2.05) is 24.3 Å². The Kier molecular flexibility index (Phi) is 9.56. The normalized spacial score (nSPS) is 11.3. The molecule has 4 rings (SSSR count). The maximum Gasteiger partial charge on any atom is 0.432 e. The predicted octanol–water partition coefficient (Wildman–Crippen LogP) is 9.84. The summed E-state index contributed by atoms with van der Waals surface area (Å²) in [6.07, 6.45) is 0.848. The number of halogens is 8. The predicted molar refractivity (Wildman–Crippen MR) is 143 cm³/mol. The molecule has 4 aromatic rings.